The van der Waals surface area contributed by atoms with Gasteiger partial charge in [0.15, 0.2) is 0 Å². The predicted molar refractivity (Wildman–Crippen MR) is 69.9 cm³/mol. The summed E-state index contributed by atoms with van der Waals surface area (Å²) in [4.78, 5) is 21.5. The summed E-state index contributed by atoms with van der Waals surface area (Å²) in [6.07, 6.45) is 8.67. The molecule has 0 aromatic rings. The van der Waals surface area contributed by atoms with E-state index >= 15 is 0 Å². The lowest BCUT2D eigenvalue weighted by atomic mass is 10.1. The lowest BCUT2D eigenvalue weighted by Gasteiger charge is -2.02. The van der Waals surface area contributed by atoms with Crippen molar-refractivity contribution in [2.45, 2.75) is 58.8 Å². The van der Waals surface area contributed by atoms with E-state index in [0.29, 0.717) is 12.2 Å². The summed E-state index contributed by atoms with van der Waals surface area (Å²) < 4.78 is 9.47. The molecule has 0 aliphatic rings. The summed E-state index contributed by atoms with van der Waals surface area (Å²) in [6, 6.07) is 0. The van der Waals surface area contributed by atoms with Crippen molar-refractivity contribution in [3.8, 4) is 0 Å². The van der Waals surface area contributed by atoms with Crippen LogP contribution in [0.2, 0.25) is 0 Å². The largest absolute Gasteiger partial charge is 0.469 e. The minimum absolute atomic E-state index is 0.130. The fraction of sp³-hybridized carbons (Fsp3) is 0.714. The van der Waals surface area contributed by atoms with E-state index < -0.39 is 0 Å². The number of hydrogen-bond acceptors (Lipinski definition) is 4. The van der Waals surface area contributed by atoms with Crippen molar-refractivity contribution in [1.82, 2.24) is 0 Å². The van der Waals surface area contributed by atoms with Crippen LogP contribution in [0.4, 0.5) is 0 Å². The fourth-order valence-electron chi connectivity index (χ4n) is 1.62. The van der Waals surface area contributed by atoms with Crippen molar-refractivity contribution in [2.24, 2.45) is 0 Å². The van der Waals surface area contributed by atoms with Crippen LogP contribution in [-0.4, -0.2) is 19.0 Å². The number of ether oxygens (including phenoxy) is 2. The van der Waals surface area contributed by atoms with E-state index in [2.05, 4.69) is 4.74 Å². The van der Waals surface area contributed by atoms with E-state index in [-0.39, 0.29) is 11.9 Å². The van der Waals surface area contributed by atoms with Crippen LogP contribution in [0.1, 0.15) is 58.8 Å². The van der Waals surface area contributed by atoms with Gasteiger partial charge in [-0.15, -0.1) is 0 Å². The zero-order chi connectivity index (χ0) is 13.8. The molecule has 104 valence electrons. The van der Waals surface area contributed by atoms with Crippen LogP contribution in [-0.2, 0) is 19.1 Å². The zero-order valence-electron chi connectivity index (χ0n) is 11.7. The molecule has 0 aliphatic heterocycles. The van der Waals surface area contributed by atoms with Crippen LogP contribution in [0, 0.1) is 0 Å². The second-order valence-electron chi connectivity index (χ2n) is 4.29. The molecule has 0 saturated heterocycles. The molecule has 0 spiro atoms. The topological polar surface area (TPSA) is 52.6 Å². The van der Waals surface area contributed by atoms with Gasteiger partial charge >= 0.3 is 11.9 Å². The zero-order valence-corrected chi connectivity index (χ0v) is 11.7. The average Bonchev–Trinajstić information content (AvgIpc) is 2.31. The average molecular weight is 256 g/mol. The molecule has 4 heteroatoms. The molecule has 18 heavy (non-hydrogen) atoms. The summed E-state index contributed by atoms with van der Waals surface area (Å²) in [5, 5.41) is 0. The monoisotopic (exact) mass is 256 g/mol. The van der Waals surface area contributed by atoms with Crippen LogP contribution < -0.4 is 0 Å². The Balaban J connectivity index is 3.35. The smallest absolute Gasteiger partial charge is 0.307 e. The molecule has 0 bridgehead atoms. The molecule has 0 N–H and O–H groups in total. The van der Waals surface area contributed by atoms with E-state index in [9.17, 15) is 9.59 Å². The van der Waals surface area contributed by atoms with Gasteiger partial charge in [0, 0.05) is 13.3 Å². The third-order valence-electron chi connectivity index (χ3n) is 2.55. The number of unbranched alkanes of at least 4 members (excludes halogenated alkanes) is 5. The van der Waals surface area contributed by atoms with Gasteiger partial charge in [0.05, 0.1) is 7.11 Å². The first-order chi connectivity index (χ1) is 8.56. The third kappa shape index (κ3) is 11.2. The van der Waals surface area contributed by atoms with Crippen LogP contribution in [0.5, 0.6) is 0 Å². The van der Waals surface area contributed by atoms with Gasteiger partial charge in [-0.2, -0.15) is 0 Å². The maximum atomic E-state index is 10.8. The molecular formula is C14H24O4. The minimum Gasteiger partial charge on any atom is -0.469 e. The highest BCUT2D eigenvalue weighted by Gasteiger charge is 1.99. The first-order valence-electron chi connectivity index (χ1n) is 6.48. The molecule has 0 heterocycles. The van der Waals surface area contributed by atoms with Crippen molar-refractivity contribution in [3.63, 3.8) is 0 Å². The molecule has 4 nitrogen and oxygen atoms in total. The van der Waals surface area contributed by atoms with Crippen LogP contribution >= 0.6 is 0 Å². The number of hydrogen-bond donors (Lipinski definition) is 0. The van der Waals surface area contributed by atoms with Crippen molar-refractivity contribution in [3.05, 3.63) is 11.8 Å². The highest BCUT2D eigenvalue weighted by atomic mass is 16.5. The molecular weight excluding hydrogens is 232 g/mol. The number of carbonyl (C=O) groups is 2. The Morgan fingerprint density at radius 1 is 1.00 bits per heavy atom. The van der Waals surface area contributed by atoms with Gasteiger partial charge in [-0.25, -0.2) is 0 Å². The molecule has 0 aromatic heterocycles. The second-order valence-corrected chi connectivity index (χ2v) is 4.29. The molecule has 0 atom stereocenters. The molecule has 0 aliphatic carbocycles. The Morgan fingerprint density at radius 2 is 1.61 bits per heavy atom. The van der Waals surface area contributed by atoms with Crippen molar-refractivity contribution in [1.29, 1.82) is 0 Å². The summed E-state index contributed by atoms with van der Waals surface area (Å²) >= 11 is 0. The Bertz CT molecular complexity index is 282. The van der Waals surface area contributed by atoms with E-state index in [0.717, 1.165) is 38.5 Å². The Kier molecular flexibility index (Phi) is 10.0. The molecule has 0 aromatic carbocycles. The summed E-state index contributed by atoms with van der Waals surface area (Å²) in [6.45, 7) is 3.19. The highest BCUT2D eigenvalue weighted by Crippen LogP contribution is 2.09. The first-order valence-corrected chi connectivity index (χ1v) is 6.48. The van der Waals surface area contributed by atoms with Crippen LogP contribution in [0.25, 0.3) is 0 Å². The first kappa shape index (κ1) is 16.7. The van der Waals surface area contributed by atoms with E-state index in [1.165, 1.54) is 14.0 Å². The molecule has 0 fully saturated rings. The molecule has 0 radical (unpaired) electrons. The Hall–Kier alpha value is -1.32. The van der Waals surface area contributed by atoms with Gasteiger partial charge in [0.1, 0.15) is 5.76 Å². The number of esters is 2. The van der Waals surface area contributed by atoms with Gasteiger partial charge < -0.3 is 9.47 Å². The standard InChI is InChI=1S/C14H24O4/c1-12(18-13(2)15)10-8-6-4-5-7-9-11-14(16)17-3/h10H,4-9,11H2,1-3H3. The molecule has 0 saturated carbocycles. The van der Waals surface area contributed by atoms with Crippen LogP contribution in [0.3, 0.4) is 0 Å². The predicted octanol–water partition coefficient (Wildman–Crippen LogP) is 3.36. The number of allylic oxidation sites excluding steroid dienone is 2. The Labute approximate surface area is 109 Å². The van der Waals surface area contributed by atoms with E-state index in [4.69, 9.17) is 4.74 Å². The van der Waals surface area contributed by atoms with Crippen molar-refractivity contribution in [2.75, 3.05) is 7.11 Å². The van der Waals surface area contributed by atoms with Crippen LogP contribution in [0.15, 0.2) is 11.8 Å². The van der Waals surface area contributed by atoms with Gasteiger partial charge in [0.25, 0.3) is 0 Å². The molecule has 0 rings (SSSR count). The van der Waals surface area contributed by atoms with Crippen molar-refractivity contribution >= 4 is 11.9 Å². The Morgan fingerprint density at radius 3 is 2.22 bits per heavy atom. The second kappa shape index (κ2) is 10.8. The van der Waals surface area contributed by atoms with Crippen molar-refractivity contribution < 1.29 is 19.1 Å². The minimum atomic E-state index is -0.272. The maximum absolute atomic E-state index is 10.8. The quantitative estimate of drug-likeness (QED) is 0.360. The SMILES string of the molecule is COC(=O)CCCCCCCC=C(C)OC(C)=O. The van der Waals surface area contributed by atoms with Gasteiger partial charge in [-0.3, -0.25) is 9.59 Å². The summed E-state index contributed by atoms with van der Waals surface area (Å²) in [7, 11) is 1.42. The van der Waals surface area contributed by atoms with E-state index in [1.54, 1.807) is 6.92 Å². The lowest BCUT2D eigenvalue weighted by molar-refractivity contribution is -0.140. The summed E-state index contributed by atoms with van der Waals surface area (Å²) in [5.41, 5.74) is 0. The normalized spacial score (nSPS) is 11.2. The van der Waals surface area contributed by atoms with Gasteiger partial charge in [0.2, 0.25) is 0 Å². The maximum Gasteiger partial charge on any atom is 0.307 e. The fourth-order valence-corrected chi connectivity index (χ4v) is 1.62. The van der Waals surface area contributed by atoms with Gasteiger partial charge in [-0.05, 0) is 32.3 Å². The highest BCUT2D eigenvalue weighted by molar-refractivity contribution is 5.69. The van der Waals surface area contributed by atoms with Gasteiger partial charge in [-0.1, -0.05) is 19.3 Å². The summed E-state index contributed by atoms with van der Waals surface area (Å²) in [5.74, 6) is 0.273. The number of rotatable bonds is 9. The number of carbonyl (C=O) groups excluding carboxylic acids is 2. The number of methoxy groups -OCH3 is 1. The third-order valence-corrected chi connectivity index (χ3v) is 2.55. The lowest BCUT2D eigenvalue weighted by Crippen LogP contribution is -1.99. The molecule has 0 amide bonds. The van der Waals surface area contributed by atoms with E-state index in [1.807, 2.05) is 6.08 Å². The molecule has 0 unspecified atom stereocenters.